The Bertz CT molecular complexity index is 934. The molecule has 134 valence electrons. The quantitative estimate of drug-likeness (QED) is 0.464. The topological polar surface area (TPSA) is 52.3 Å². The summed E-state index contributed by atoms with van der Waals surface area (Å²) in [5.74, 6) is 0.523. The lowest BCUT2D eigenvalue weighted by Gasteiger charge is -2.20. The highest BCUT2D eigenvalue weighted by molar-refractivity contribution is 5.98. The summed E-state index contributed by atoms with van der Waals surface area (Å²) in [6.45, 7) is 10.1. The number of carbonyl (C=O) groups excluding carboxylic acids is 1. The summed E-state index contributed by atoms with van der Waals surface area (Å²) in [5.41, 5.74) is 3.82. The summed E-state index contributed by atoms with van der Waals surface area (Å²) in [5, 5.41) is 4.04. The van der Waals surface area contributed by atoms with E-state index in [0.29, 0.717) is 22.8 Å². The van der Waals surface area contributed by atoms with Crippen molar-refractivity contribution < 1.29 is 14.1 Å². The Balaban J connectivity index is 1.92. The van der Waals surface area contributed by atoms with Gasteiger partial charge in [-0.05, 0) is 36.5 Å². The van der Waals surface area contributed by atoms with Gasteiger partial charge in [0.2, 0.25) is 0 Å². The van der Waals surface area contributed by atoms with Crippen LogP contribution in [0.1, 0.15) is 48.0 Å². The van der Waals surface area contributed by atoms with E-state index in [-0.39, 0.29) is 5.41 Å². The first-order chi connectivity index (χ1) is 12.3. The highest BCUT2D eigenvalue weighted by Crippen LogP contribution is 2.30. The molecule has 4 nitrogen and oxygen atoms in total. The first kappa shape index (κ1) is 17.9. The third kappa shape index (κ3) is 3.54. The fourth-order valence-corrected chi connectivity index (χ4v) is 2.79. The Labute approximate surface area is 153 Å². The largest absolute Gasteiger partial charge is 0.423 e. The molecule has 0 fully saturated rings. The van der Waals surface area contributed by atoms with Crippen molar-refractivity contribution in [2.75, 3.05) is 0 Å². The van der Waals surface area contributed by atoms with Crippen molar-refractivity contribution in [3.05, 3.63) is 71.0 Å². The number of carbonyl (C=O) groups is 1. The molecule has 3 aromatic rings. The van der Waals surface area contributed by atoms with Crippen LogP contribution in [0, 0.1) is 13.8 Å². The summed E-state index contributed by atoms with van der Waals surface area (Å²) in [6, 6.07) is 15.4. The molecule has 0 saturated heterocycles. The second-order valence-electron chi connectivity index (χ2n) is 7.45. The number of aromatic nitrogens is 1. The molecule has 0 unspecified atom stereocenters. The minimum atomic E-state index is -0.464. The van der Waals surface area contributed by atoms with Crippen LogP contribution in [0.3, 0.4) is 0 Å². The van der Waals surface area contributed by atoms with E-state index < -0.39 is 5.97 Å². The van der Waals surface area contributed by atoms with E-state index in [1.54, 1.807) is 6.92 Å². The molecule has 1 aromatic heterocycles. The molecule has 1 heterocycles. The summed E-state index contributed by atoms with van der Waals surface area (Å²) in [7, 11) is 0. The van der Waals surface area contributed by atoms with Gasteiger partial charge in [-0.1, -0.05) is 68.4 Å². The van der Waals surface area contributed by atoms with Crippen molar-refractivity contribution in [2.45, 2.75) is 40.0 Å². The monoisotopic (exact) mass is 349 g/mol. The van der Waals surface area contributed by atoms with Gasteiger partial charge in [0.25, 0.3) is 0 Å². The van der Waals surface area contributed by atoms with Gasteiger partial charge in [-0.2, -0.15) is 0 Å². The number of rotatable bonds is 3. The number of benzene rings is 2. The number of ether oxygens (including phenoxy) is 1. The smallest absolute Gasteiger partial charge is 0.349 e. The molecule has 0 aliphatic carbocycles. The van der Waals surface area contributed by atoms with E-state index in [1.165, 1.54) is 5.56 Å². The van der Waals surface area contributed by atoms with Crippen LogP contribution in [0.25, 0.3) is 11.3 Å². The zero-order valence-corrected chi connectivity index (χ0v) is 15.8. The van der Waals surface area contributed by atoms with Gasteiger partial charge in [0.1, 0.15) is 22.8 Å². The van der Waals surface area contributed by atoms with Crippen LogP contribution in [-0.2, 0) is 5.41 Å². The lowest BCUT2D eigenvalue weighted by molar-refractivity contribution is 0.0732. The number of esters is 1. The highest BCUT2D eigenvalue weighted by atomic mass is 16.5. The Morgan fingerprint density at radius 1 is 1.04 bits per heavy atom. The molecule has 0 bridgehead atoms. The Kier molecular flexibility index (Phi) is 4.68. The Morgan fingerprint density at radius 2 is 1.73 bits per heavy atom. The van der Waals surface area contributed by atoms with Crippen molar-refractivity contribution in [1.29, 1.82) is 0 Å². The average molecular weight is 349 g/mol. The molecule has 0 radical (unpaired) electrons. The number of hydrogen-bond donors (Lipinski definition) is 0. The number of nitrogens with zero attached hydrogens (tertiary/aromatic N) is 1. The molecule has 3 rings (SSSR count). The van der Waals surface area contributed by atoms with Crippen LogP contribution < -0.4 is 4.74 Å². The molecule has 0 aliphatic rings. The predicted octanol–water partition coefficient (Wildman–Crippen LogP) is 5.48. The molecule has 4 heteroatoms. The maximum Gasteiger partial charge on any atom is 0.349 e. The summed E-state index contributed by atoms with van der Waals surface area (Å²) >= 11 is 0. The molecule has 0 spiro atoms. The van der Waals surface area contributed by atoms with E-state index in [0.717, 1.165) is 11.1 Å². The molecular formula is C22H23NO3. The third-order valence-corrected chi connectivity index (χ3v) is 4.36. The second kappa shape index (κ2) is 6.79. The van der Waals surface area contributed by atoms with Gasteiger partial charge >= 0.3 is 5.97 Å². The zero-order chi connectivity index (χ0) is 18.9. The molecule has 0 atom stereocenters. The van der Waals surface area contributed by atoms with Gasteiger partial charge in [0.05, 0.1) is 0 Å². The SMILES string of the molecule is Cc1cc(C(C)(C)C)ccc1OC(=O)c1c(-c2ccccc2)noc1C. The third-order valence-electron chi connectivity index (χ3n) is 4.36. The molecule has 26 heavy (non-hydrogen) atoms. The maximum absolute atomic E-state index is 12.8. The van der Waals surface area contributed by atoms with Crippen molar-refractivity contribution in [3.63, 3.8) is 0 Å². The van der Waals surface area contributed by atoms with Crippen LogP contribution in [0.5, 0.6) is 5.75 Å². The van der Waals surface area contributed by atoms with Crippen LogP contribution in [0.2, 0.25) is 0 Å². The normalized spacial score (nSPS) is 11.4. The fourth-order valence-electron chi connectivity index (χ4n) is 2.79. The predicted molar refractivity (Wildman–Crippen MR) is 102 cm³/mol. The van der Waals surface area contributed by atoms with Crippen molar-refractivity contribution in [3.8, 4) is 17.0 Å². The second-order valence-corrected chi connectivity index (χ2v) is 7.45. The standard InChI is InChI=1S/C22H23NO3/c1-14-13-17(22(3,4)5)11-12-18(14)25-21(24)19-15(2)26-23-20(19)16-9-7-6-8-10-16/h6-13H,1-5H3. The lowest BCUT2D eigenvalue weighted by Crippen LogP contribution is -2.13. The molecular weight excluding hydrogens is 326 g/mol. The number of aryl methyl sites for hydroxylation is 2. The minimum Gasteiger partial charge on any atom is -0.423 e. The average Bonchev–Trinajstić information content (AvgIpc) is 2.98. The molecule has 0 saturated carbocycles. The lowest BCUT2D eigenvalue weighted by atomic mass is 9.86. The van der Waals surface area contributed by atoms with Crippen LogP contribution >= 0.6 is 0 Å². The highest BCUT2D eigenvalue weighted by Gasteiger charge is 2.24. The zero-order valence-electron chi connectivity index (χ0n) is 15.8. The summed E-state index contributed by atoms with van der Waals surface area (Å²) in [4.78, 5) is 12.8. The van der Waals surface area contributed by atoms with E-state index in [9.17, 15) is 4.79 Å². The fraction of sp³-hybridized carbons (Fsp3) is 0.273. The van der Waals surface area contributed by atoms with Crippen LogP contribution in [0.4, 0.5) is 0 Å². The van der Waals surface area contributed by atoms with E-state index >= 15 is 0 Å². The number of hydrogen-bond acceptors (Lipinski definition) is 4. The van der Waals surface area contributed by atoms with Crippen LogP contribution in [0.15, 0.2) is 53.1 Å². The van der Waals surface area contributed by atoms with Crippen molar-refractivity contribution >= 4 is 5.97 Å². The van der Waals surface area contributed by atoms with Gasteiger partial charge in [0.15, 0.2) is 0 Å². The maximum atomic E-state index is 12.8. The van der Waals surface area contributed by atoms with E-state index in [4.69, 9.17) is 9.26 Å². The van der Waals surface area contributed by atoms with Gasteiger partial charge in [-0.15, -0.1) is 0 Å². The van der Waals surface area contributed by atoms with Gasteiger partial charge in [-0.25, -0.2) is 4.79 Å². The van der Waals surface area contributed by atoms with E-state index in [2.05, 4.69) is 32.0 Å². The first-order valence-electron chi connectivity index (χ1n) is 8.62. The molecule has 0 N–H and O–H groups in total. The Hall–Kier alpha value is -2.88. The Morgan fingerprint density at radius 3 is 2.35 bits per heavy atom. The van der Waals surface area contributed by atoms with E-state index in [1.807, 2.05) is 49.4 Å². The molecule has 0 aliphatic heterocycles. The molecule has 2 aromatic carbocycles. The summed E-state index contributed by atoms with van der Waals surface area (Å²) < 4.78 is 10.9. The minimum absolute atomic E-state index is 0.0405. The summed E-state index contributed by atoms with van der Waals surface area (Å²) in [6.07, 6.45) is 0. The van der Waals surface area contributed by atoms with Crippen LogP contribution in [-0.4, -0.2) is 11.1 Å². The van der Waals surface area contributed by atoms with Crippen molar-refractivity contribution in [2.24, 2.45) is 0 Å². The first-order valence-corrected chi connectivity index (χ1v) is 8.62. The van der Waals surface area contributed by atoms with Gasteiger partial charge < -0.3 is 9.26 Å². The van der Waals surface area contributed by atoms with Gasteiger partial charge in [0, 0.05) is 5.56 Å². The molecule has 0 amide bonds. The van der Waals surface area contributed by atoms with Gasteiger partial charge in [-0.3, -0.25) is 0 Å². The van der Waals surface area contributed by atoms with Crippen molar-refractivity contribution in [1.82, 2.24) is 5.16 Å².